The molecule has 0 amide bonds. The number of hydrogen-bond donors (Lipinski definition) is 1. The molecular formula is C16H26ClN3. The van der Waals surface area contributed by atoms with Crippen LogP contribution in [-0.2, 0) is 6.42 Å². The highest BCUT2D eigenvalue weighted by atomic mass is 35.5. The summed E-state index contributed by atoms with van der Waals surface area (Å²) in [6.07, 6.45) is 3.47. The second kappa shape index (κ2) is 7.30. The summed E-state index contributed by atoms with van der Waals surface area (Å²) in [5.74, 6) is 0.789. The van der Waals surface area contributed by atoms with E-state index in [1.807, 2.05) is 6.07 Å². The van der Waals surface area contributed by atoms with Crippen LogP contribution >= 0.6 is 11.6 Å². The van der Waals surface area contributed by atoms with Crippen LogP contribution in [0, 0.1) is 5.92 Å². The highest BCUT2D eigenvalue weighted by Gasteiger charge is 2.19. The highest BCUT2D eigenvalue weighted by Crippen LogP contribution is 2.26. The molecule has 2 rings (SSSR count). The zero-order chi connectivity index (χ0) is 14.5. The molecule has 4 heteroatoms. The van der Waals surface area contributed by atoms with Crippen molar-refractivity contribution in [3.8, 4) is 0 Å². The zero-order valence-corrected chi connectivity index (χ0v) is 13.4. The van der Waals surface area contributed by atoms with E-state index in [9.17, 15) is 0 Å². The summed E-state index contributed by atoms with van der Waals surface area (Å²) >= 11 is 6.10. The minimum Gasteiger partial charge on any atom is -0.374 e. The Hall–Kier alpha value is -0.770. The zero-order valence-electron chi connectivity index (χ0n) is 12.6. The fraction of sp³-hybridized carbons (Fsp3) is 0.625. The van der Waals surface area contributed by atoms with Crippen molar-refractivity contribution >= 4 is 17.3 Å². The second-order valence-corrected chi connectivity index (χ2v) is 6.38. The van der Waals surface area contributed by atoms with E-state index in [-0.39, 0.29) is 0 Å². The molecule has 1 heterocycles. The number of piperidine rings is 1. The molecule has 0 atom stereocenters. The van der Waals surface area contributed by atoms with Gasteiger partial charge in [-0.05, 0) is 75.6 Å². The van der Waals surface area contributed by atoms with E-state index in [0.717, 1.165) is 23.9 Å². The van der Waals surface area contributed by atoms with E-state index in [2.05, 4.69) is 36.0 Å². The molecule has 0 bridgehead atoms. The smallest absolute Gasteiger partial charge is 0.0410 e. The molecule has 0 spiro atoms. The van der Waals surface area contributed by atoms with Gasteiger partial charge in [-0.15, -0.1) is 0 Å². The second-order valence-electron chi connectivity index (χ2n) is 5.94. The van der Waals surface area contributed by atoms with Crippen LogP contribution in [0.15, 0.2) is 18.2 Å². The molecule has 1 aliphatic rings. The van der Waals surface area contributed by atoms with E-state index < -0.39 is 0 Å². The molecule has 3 nitrogen and oxygen atoms in total. The summed E-state index contributed by atoms with van der Waals surface area (Å²) in [6.45, 7) is 4.21. The molecule has 0 aliphatic carbocycles. The topological polar surface area (TPSA) is 32.5 Å². The lowest BCUT2D eigenvalue weighted by Gasteiger charge is -2.33. The fourth-order valence-electron chi connectivity index (χ4n) is 3.01. The lowest BCUT2D eigenvalue weighted by atomic mass is 9.96. The van der Waals surface area contributed by atoms with E-state index in [0.29, 0.717) is 6.54 Å². The van der Waals surface area contributed by atoms with E-state index in [1.54, 1.807) is 0 Å². The number of rotatable bonds is 5. The van der Waals surface area contributed by atoms with Crippen LogP contribution < -0.4 is 10.6 Å². The lowest BCUT2D eigenvalue weighted by Crippen LogP contribution is -2.36. The monoisotopic (exact) mass is 295 g/mol. The maximum absolute atomic E-state index is 6.10. The SMILES string of the molecule is CN1CCC(CN(C)c2ccc(Cl)cc2CCN)CC1. The Morgan fingerprint density at radius 1 is 1.35 bits per heavy atom. The quantitative estimate of drug-likeness (QED) is 0.906. The van der Waals surface area contributed by atoms with Crippen molar-refractivity contribution in [2.75, 3.05) is 45.2 Å². The minimum atomic E-state index is 0.662. The van der Waals surface area contributed by atoms with Crippen LogP contribution in [0.4, 0.5) is 5.69 Å². The number of hydrogen-bond acceptors (Lipinski definition) is 3. The average Bonchev–Trinajstić information content (AvgIpc) is 2.42. The molecule has 1 aromatic carbocycles. The number of anilines is 1. The molecule has 1 aliphatic heterocycles. The van der Waals surface area contributed by atoms with Gasteiger partial charge in [0.2, 0.25) is 0 Å². The Morgan fingerprint density at radius 2 is 2.05 bits per heavy atom. The summed E-state index contributed by atoms with van der Waals surface area (Å²) in [5.41, 5.74) is 8.25. The number of benzene rings is 1. The third-order valence-corrected chi connectivity index (χ3v) is 4.47. The summed E-state index contributed by atoms with van der Waals surface area (Å²) in [6, 6.07) is 6.15. The Balaban J connectivity index is 2.02. The van der Waals surface area contributed by atoms with Crippen LogP contribution in [0.3, 0.4) is 0 Å². The van der Waals surface area contributed by atoms with Gasteiger partial charge in [-0.1, -0.05) is 11.6 Å². The van der Waals surface area contributed by atoms with E-state index in [1.165, 1.54) is 37.2 Å². The van der Waals surface area contributed by atoms with Crippen LogP contribution in [0.1, 0.15) is 18.4 Å². The predicted octanol–water partition coefficient (Wildman–Crippen LogP) is 2.62. The molecule has 112 valence electrons. The van der Waals surface area contributed by atoms with Crippen molar-refractivity contribution in [2.24, 2.45) is 11.7 Å². The number of halogens is 1. The van der Waals surface area contributed by atoms with Crippen LogP contribution in [0.25, 0.3) is 0 Å². The Bertz CT molecular complexity index is 428. The number of nitrogens with zero attached hydrogens (tertiary/aromatic N) is 2. The normalized spacial score (nSPS) is 17.4. The predicted molar refractivity (Wildman–Crippen MR) is 87.7 cm³/mol. The van der Waals surface area contributed by atoms with Gasteiger partial charge < -0.3 is 15.5 Å². The third kappa shape index (κ3) is 4.11. The molecule has 0 saturated carbocycles. The van der Waals surface area contributed by atoms with Crippen LogP contribution in [0.2, 0.25) is 5.02 Å². The van der Waals surface area contributed by atoms with Gasteiger partial charge in [0, 0.05) is 24.3 Å². The molecule has 1 fully saturated rings. The molecule has 20 heavy (non-hydrogen) atoms. The molecule has 1 saturated heterocycles. The molecule has 0 unspecified atom stereocenters. The van der Waals surface area contributed by atoms with Crippen molar-refractivity contribution in [2.45, 2.75) is 19.3 Å². The van der Waals surface area contributed by atoms with Gasteiger partial charge in [-0.2, -0.15) is 0 Å². The van der Waals surface area contributed by atoms with Crippen LogP contribution in [0.5, 0.6) is 0 Å². The summed E-state index contributed by atoms with van der Waals surface area (Å²) in [7, 11) is 4.39. The molecule has 0 radical (unpaired) electrons. The first-order valence-electron chi connectivity index (χ1n) is 7.48. The van der Waals surface area contributed by atoms with Crippen LogP contribution in [-0.4, -0.2) is 45.2 Å². The first-order valence-corrected chi connectivity index (χ1v) is 7.86. The first-order chi connectivity index (χ1) is 9.60. The van der Waals surface area contributed by atoms with Crippen molar-refractivity contribution < 1.29 is 0 Å². The molecular weight excluding hydrogens is 270 g/mol. The summed E-state index contributed by atoms with van der Waals surface area (Å²) < 4.78 is 0. The van der Waals surface area contributed by atoms with E-state index >= 15 is 0 Å². The van der Waals surface area contributed by atoms with Gasteiger partial charge in [0.25, 0.3) is 0 Å². The lowest BCUT2D eigenvalue weighted by molar-refractivity contribution is 0.222. The largest absolute Gasteiger partial charge is 0.374 e. The fourth-order valence-corrected chi connectivity index (χ4v) is 3.21. The Labute approximate surface area is 127 Å². The van der Waals surface area contributed by atoms with Crippen molar-refractivity contribution in [3.05, 3.63) is 28.8 Å². The minimum absolute atomic E-state index is 0.662. The number of likely N-dealkylation sites (tertiary alicyclic amines) is 1. The summed E-state index contributed by atoms with van der Waals surface area (Å²) in [4.78, 5) is 4.79. The highest BCUT2D eigenvalue weighted by molar-refractivity contribution is 6.30. The summed E-state index contributed by atoms with van der Waals surface area (Å²) in [5, 5.41) is 0.796. The van der Waals surface area contributed by atoms with Gasteiger partial charge in [-0.25, -0.2) is 0 Å². The molecule has 2 N–H and O–H groups in total. The Kier molecular flexibility index (Phi) is 5.70. The first kappa shape index (κ1) is 15.6. The van der Waals surface area contributed by atoms with Crippen molar-refractivity contribution in [1.29, 1.82) is 0 Å². The van der Waals surface area contributed by atoms with Gasteiger partial charge in [0.05, 0.1) is 0 Å². The maximum atomic E-state index is 6.10. The van der Waals surface area contributed by atoms with E-state index in [4.69, 9.17) is 17.3 Å². The van der Waals surface area contributed by atoms with Crippen molar-refractivity contribution in [1.82, 2.24) is 4.90 Å². The number of nitrogens with two attached hydrogens (primary N) is 1. The standard InChI is InChI=1S/C16H26ClN3/c1-19-9-6-13(7-10-19)12-20(2)16-4-3-15(17)11-14(16)5-8-18/h3-4,11,13H,5-10,12,18H2,1-2H3. The van der Waals surface area contributed by atoms with Crippen molar-refractivity contribution in [3.63, 3.8) is 0 Å². The third-order valence-electron chi connectivity index (χ3n) is 4.24. The van der Waals surface area contributed by atoms with Gasteiger partial charge >= 0.3 is 0 Å². The molecule has 1 aromatic rings. The Morgan fingerprint density at radius 3 is 2.70 bits per heavy atom. The van der Waals surface area contributed by atoms with Gasteiger partial charge in [0.15, 0.2) is 0 Å². The molecule has 0 aromatic heterocycles. The maximum Gasteiger partial charge on any atom is 0.0410 e. The average molecular weight is 296 g/mol. The van der Waals surface area contributed by atoms with Gasteiger partial charge in [-0.3, -0.25) is 0 Å². The van der Waals surface area contributed by atoms with Gasteiger partial charge in [0.1, 0.15) is 0 Å².